The number of ketones is 1. The number of carbonyl (C=O) groups is 3. The number of anilines is 1. The molecule has 214 valence electrons. The van der Waals surface area contributed by atoms with E-state index in [0.29, 0.717) is 61.1 Å². The van der Waals surface area contributed by atoms with Crippen molar-refractivity contribution in [2.75, 3.05) is 19.0 Å². The molecule has 0 bridgehead atoms. The Morgan fingerprint density at radius 2 is 1.76 bits per heavy atom. The van der Waals surface area contributed by atoms with Crippen LogP contribution in [-0.4, -0.2) is 36.5 Å². The molecule has 0 saturated carbocycles. The highest BCUT2D eigenvalue weighted by atomic mass is 79.9. The number of amides is 1. The molecule has 0 unspecified atom stereocenters. The number of hydrogen-bond acceptors (Lipinski definition) is 6. The van der Waals surface area contributed by atoms with Crippen LogP contribution in [0.25, 0.3) is 11.0 Å². The van der Waals surface area contributed by atoms with Crippen molar-refractivity contribution in [2.45, 2.75) is 39.5 Å². The zero-order valence-corrected chi connectivity index (χ0v) is 26.0. The Hall–Kier alpha value is -3.63. The summed E-state index contributed by atoms with van der Waals surface area (Å²) >= 11 is 7.08. The molecule has 1 heterocycles. The fraction of sp³-hybridized carbons (Fsp3) is 0.258. The van der Waals surface area contributed by atoms with Gasteiger partial charge >= 0.3 is 5.97 Å². The SMILES string of the molecule is CCCCc1oc2ccc(NC(=O)c3ccc(OC)cc3)cc2c1C(=O)c1cc(Br)c(CC)c(Br)c1OCC(=O)O. The monoisotopic (exact) mass is 685 g/mol. The third-order valence-corrected chi connectivity index (χ3v) is 8.11. The number of hydrogen-bond donors (Lipinski definition) is 2. The number of nitrogens with one attached hydrogen (secondary N) is 1. The topological polar surface area (TPSA) is 115 Å². The zero-order valence-electron chi connectivity index (χ0n) is 22.8. The molecule has 1 aromatic heterocycles. The van der Waals surface area contributed by atoms with Crippen molar-refractivity contribution in [3.63, 3.8) is 0 Å². The molecule has 0 aliphatic rings. The van der Waals surface area contributed by atoms with E-state index in [-0.39, 0.29) is 23.0 Å². The number of carbonyl (C=O) groups excluding carboxylic acids is 2. The fourth-order valence-corrected chi connectivity index (χ4v) is 6.27. The summed E-state index contributed by atoms with van der Waals surface area (Å²) in [5.74, 6) is -0.550. The molecule has 4 aromatic rings. The summed E-state index contributed by atoms with van der Waals surface area (Å²) < 4.78 is 18.1. The van der Waals surface area contributed by atoms with E-state index >= 15 is 0 Å². The van der Waals surface area contributed by atoms with E-state index in [1.807, 2.05) is 13.8 Å². The van der Waals surface area contributed by atoms with E-state index < -0.39 is 12.6 Å². The van der Waals surface area contributed by atoms with Crippen LogP contribution in [-0.2, 0) is 17.6 Å². The van der Waals surface area contributed by atoms with Crippen LogP contribution in [0.5, 0.6) is 11.5 Å². The van der Waals surface area contributed by atoms with Gasteiger partial charge in [-0.25, -0.2) is 4.79 Å². The van der Waals surface area contributed by atoms with Crippen molar-refractivity contribution >= 4 is 66.2 Å². The van der Waals surface area contributed by atoms with Crippen LogP contribution < -0.4 is 14.8 Å². The van der Waals surface area contributed by atoms with Gasteiger partial charge in [0.1, 0.15) is 22.8 Å². The Bertz CT molecular complexity index is 1610. The first-order valence-corrected chi connectivity index (χ1v) is 14.7. The molecule has 1 amide bonds. The predicted octanol–water partition coefficient (Wildman–Crippen LogP) is 7.82. The summed E-state index contributed by atoms with van der Waals surface area (Å²) in [6, 6.07) is 13.5. The van der Waals surface area contributed by atoms with Gasteiger partial charge in [-0.1, -0.05) is 36.2 Å². The van der Waals surface area contributed by atoms with Gasteiger partial charge in [-0.05, 0) is 82.9 Å². The number of ether oxygens (including phenoxy) is 2. The van der Waals surface area contributed by atoms with Gasteiger partial charge in [0.2, 0.25) is 5.78 Å². The van der Waals surface area contributed by atoms with Gasteiger partial charge in [0.05, 0.1) is 22.7 Å². The maximum absolute atomic E-state index is 14.3. The normalized spacial score (nSPS) is 11.0. The lowest BCUT2D eigenvalue weighted by Crippen LogP contribution is -2.14. The van der Waals surface area contributed by atoms with E-state index in [1.165, 1.54) is 0 Å². The van der Waals surface area contributed by atoms with Gasteiger partial charge in [0, 0.05) is 27.5 Å². The summed E-state index contributed by atoms with van der Waals surface area (Å²) in [5, 5.41) is 12.7. The molecular weight excluding hydrogens is 658 g/mol. The number of unbranched alkanes of at least 4 members (excludes halogenated alkanes) is 1. The van der Waals surface area contributed by atoms with E-state index in [0.717, 1.165) is 18.4 Å². The Morgan fingerprint density at radius 3 is 2.39 bits per heavy atom. The largest absolute Gasteiger partial charge is 0.497 e. The summed E-state index contributed by atoms with van der Waals surface area (Å²) in [4.78, 5) is 38.5. The first-order valence-electron chi connectivity index (χ1n) is 13.1. The van der Waals surface area contributed by atoms with Crippen molar-refractivity contribution in [1.29, 1.82) is 0 Å². The van der Waals surface area contributed by atoms with Crippen LogP contribution in [0.3, 0.4) is 0 Å². The molecule has 0 spiro atoms. The smallest absolute Gasteiger partial charge is 0.341 e. The zero-order chi connectivity index (χ0) is 29.7. The Morgan fingerprint density at radius 1 is 1.02 bits per heavy atom. The van der Waals surface area contributed by atoms with Crippen LogP contribution in [0, 0.1) is 0 Å². The average molecular weight is 687 g/mol. The molecule has 41 heavy (non-hydrogen) atoms. The van der Waals surface area contributed by atoms with Crippen molar-refractivity contribution in [3.8, 4) is 11.5 Å². The number of aliphatic carboxylic acids is 1. The third-order valence-electron chi connectivity index (χ3n) is 6.56. The molecule has 3 aromatic carbocycles. The van der Waals surface area contributed by atoms with E-state index in [1.54, 1.807) is 55.6 Å². The highest BCUT2D eigenvalue weighted by Crippen LogP contribution is 2.41. The molecule has 0 aliphatic carbocycles. The number of halogens is 2. The number of benzene rings is 3. The summed E-state index contributed by atoms with van der Waals surface area (Å²) in [6.07, 6.45) is 2.84. The molecule has 0 aliphatic heterocycles. The van der Waals surface area contributed by atoms with Crippen LogP contribution in [0.1, 0.15) is 64.3 Å². The van der Waals surface area contributed by atoms with Crippen molar-refractivity contribution in [2.24, 2.45) is 0 Å². The highest BCUT2D eigenvalue weighted by Gasteiger charge is 2.28. The summed E-state index contributed by atoms with van der Waals surface area (Å²) in [7, 11) is 1.56. The maximum atomic E-state index is 14.3. The Labute approximate surface area is 254 Å². The number of carboxylic acids is 1. The summed E-state index contributed by atoms with van der Waals surface area (Å²) in [6.45, 7) is 3.38. The fourth-order valence-electron chi connectivity index (χ4n) is 4.48. The number of rotatable bonds is 12. The van der Waals surface area contributed by atoms with E-state index in [9.17, 15) is 19.5 Å². The summed E-state index contributed by atoms with van der Waals surface area (Å²) in [5.41, 5.74) is 2.81. The van der Waals surface area contributed by atoms with Gasteiger partial charge in [-0.15, -0.1) is 0 Å². The van der Waals surface area contributed by atoms with Gasteiger partial charge in [0.25, 0.3) is 5.91 Å². The van der Waals surface area contributed by atoms with Gasteiger partial charge in [-0.3, -0.25) is 9.59 Å². The first-order chi connectivity index (χ1) is 19.7. The van der Waals surface area contributed by atoms with Crippen molar-refractivity contribution in [1.82, 2.24) is 0 Å². The van der Waals surface area contributed by atoms with Gasteiger partial charge in [0.15, 0.2) is 6.61 Å². The number of furan rings is 1. The Kier molecular flexibility index (Phi) is 9.88. The Balaban J connectivity index is 1.81. The average Bonchev–Trinajstić information content (AvgIpc) is 3.32. The minimum atomic E-state index is -1.16. The van der Waals surface area contributed by atoms with E-state index in [4.69, 9.17) is 13.9 Å². The first kappa shape index (κ1) is 30.3. The molecule has 4 rings (SSSR count). The van der Waals surface area contributed by atoms with Crippen molar-refractivity contribution < 1.29 is 33.4 Å². The predicted molar refractivity (Wildman–Crippen MR) is 164 cm³/mol. The number of methoxy groups -OCH3 is 1. The van der Waals surface area contributed by atoms with Crippen LogP contribution in [0.15, 0.2) is 61.9 Å². The van der Waals surface area contributed by atoms with Crippen LogP contribution in [0.2, 0.25) is 0 Å². The number of aryl methyl sites for hydroxylation is 1. The lowest BCUT2D eigenvalue weighted by atomic mass is 9.96. The highest BCUT2D eigenvalue weighted by molar-refractivity contribution is 9.11. The minimum absolute atomic E-state index is 0.150. The van der Waals surface area contributed by atoms with Crippen LogP contribution in [0.4, 0.5) is 5.69 Å². The van der Waals surface area contributed by atoms with Gasteiger partial charge < -0.3 is 24.3 Å². The lowest BCUT2D eigenvalue weighted by molar-refractivity contribution is -0.139. The second-order valence-corrected chi connectivity index (χ2v) is 10.9. The maximum Gasteiger partial charge on any atom is 0.341 e. The molecule has 10 heteroatoms. The third kappa shape index (κ3) is 6.65. The number of carboxylic acid groups (broad SMARTS) is 1. The molecular formula is C31H29Br2NO7. The lowest BCUT2D eigenvalue weighted by Gasteiger charge is -2.16. The molecule has 8 nitrogen and oxygen atoms in total. The van der Waals surface area contributed by atoms with Crippen molar-refractivity contribution in [3.05, 3.63) is 85.5 Å². The molecule has 0 fully saturated rings. The van der Waals surface area contributed by atoms with Gasteiger partial charge in [-0.2, -0.15) is 0 Å². The number of fused-ring (bicyclic) bond motifs is 1. The molecule has 0 saturated heterocycles. The molecule has 2 N–H and O–H groups in total. The standard InChI is InChI=1S/C31H29Br2NO7/c1-4-6-7-25-27(29(37)22-15-23(32)20(5-2)28(33)30(22)40-16-26(35)36)21-14-18(10-13-24(21)41-25)34-31(38)17-8-11-19(39-3)12-9-17/h8-15H,4-7,16H2,1-3H3,(H,34,38)(H,35,36). The molecule has 0 atom stereocenters. The minimum Gasteiger partial charge on any atom is -0.497 e. The van der Waals surface area contributed by atoms with Crippen LogP contribution >= 0.6 is 31.9 Å². The van der Waals surface area contributed by atoms with E-state index in [2.05, 4.69) is 37.2 Å². The quantitative estimate of drug-likeness (QED) is 0.146. The second-order valence-electron chi connectivity index (χ2n) is 9.29. The second kappa shape index (κ2) is 13.4. The molecule has 0 radical (unpaired) electrons.